The fourth-order valence-electron chi connectivity index (χ4n) is 11.9. The zero-order valence-corrected chi connectivity index (χ0v) is 68.6. The molecule has 596 valence electrons. The average molecular weight is 1520 g/mol. The van der Waals surface area contributed by atoms with E-state index in [0.29, 0.717) is 84.4 Å². The van der Waals surface area contributed by atoms with Crippen LogP contribution >= 0.6 is 0 Å². The average Bonchev–Trinajstić information content (AvgIpc) is 0.820. The van der Waals surface area contributed by atoms with Crippen molar-refractivity contribution in [1.29, 1.82) is 0 Å². The number of nitrogens with two attached hydrogens (primary N) is 6. The number of piperazine rings is 1. The first kappa shape index (κ1) is 93.8. The molecular formula is C87H131N15O8+6. The van der Waals surface area contributed by atoms with Gasteiger partial charge in [0, 0.05) is 64.0 Å². The first-order valence-electron chi connectivity index (χ1n) is 39.4. The van der Waals surface area contributed by atoms with Crippen molar-refractivity contribution in [3.8, 4) is 34.1 Å². The van der Waals surface area contributed by atoms with Crippen molar-refractivity contribution < 1.29 is 71.3 Å². The van der Waals surface area contributed by atoms with E-state index in [1.54, 1.807) is 42.5 Å². The predicted octanol–water partition coefficient (Wildman–Crippen LogP) is 15.4. The maximum Gasteiger partial charge on any atom is 0.340 e. The highest BCUT2D eigenvalue weighted by Gasteiger charge is 2.27. The number of hydrogen-bond acceptors (Lipinski definition) is 16. The Morgan fingerprint density at radius 2 is 0.945 bits per heavy atom. The van der Waals surface area contributed by atoms with Crippen LogP contribution in [-0.2, 0) is 9.53 Å². The second-order valence-electron chi connectivity index (χ2n) is 27.1. The third-order valence-corrected chi connectivity index (χ3v) is 18.3. The lowest BCUT2D eigenvalue weighted by molar-refractivity contribution is -0.211. The Balaban J connectivity index is 0.000000349. The van der Waals surface area contributed by atoms with E-state index in [9.17, 15) is 14.4 Å². The van der Waals surface area contributed by atoms with Gasteiger partial charge >= 0.3 is 5.97 Å². The second kappa shape index (κ2) is 55.0. The van der Waals surface area contributed by atoms with Crippen LogP contribution in [0.3, 0.4) is 0 Å². The number of benzene rings is 7. The van der Waals surface area contributed by atoms with E-state index in [1.807, 2.05) is 127 Å². The van der Waals surface area contributed by atoms with E-state index in [4.69, 9.17) is 56.9 Å². The van der Waals surface area contributed by atoms with Gasteiger partial charge in [0.25, 0.3) is 0 Å². The van der Waals surface area contributed by atoms with Crippen LogP contribution in [0.2, 0.25) is 0 Å². The Kier molecular flexibility index (Phi) is 46.9. The normalized spacial score (nSPS) is 11.4. The summed E-state index contributed by atoms with van der Waals surface area (Å²) in [6.45, 7) is 30.6. The van der Waals surface area contributed by atoms with Gasteiger partial charge in [0.2, 0.25) is 5.91 Å². The molecule has 1 heterocycles. The number of nitrogens with zero attached hydrogens (tertiary/aromatic N) is 9. The number of ether oxygens (including phenoxy) is 5. The number of esters is 1. The molecule has 0 bridgehead atoms. The Morgan fingerprint density at radius 1 is 0.445 bits per heavy atom. The van der Waals surface area contributed by atoms with E-state index in [1.165, 1.54) is 99.1 Å². The summed E-state index contributed by atoms with van der Waals surface area (Å²) >= 11 is 0. The first-order valence-corrected chi connectivity index (χ1v) is 39.4. The van der Waals surface area contributed by atoms with Gasteiger partial charge in [-0.05, 0) is 206 Å². The van der Waals surface area contributed by atoms with Crippen molar-refractivity contribution in [2.75, 3.05) is 83.1 Å². The smallest absolute Gasteiger partial charge is 0.340 e. The van der Waals surface area contributed by atoms with Crippen LogP contribution in [0.1, 0.15) is 214 Å². The molecule has 1 atom stereocenters. The number of unbranched alkanes of at least 4 members (excludes halogenated alkanes) is 12. The zero-order valence-electron chi connectivity index (χ0n) is 68.6. The Morgan fingerprint density at radius 3 is 1.45 bits per heavy atom. The van der Waals surface area contributed by atoms with Gasteiger partial charge in [0.1, 0.15) is 45.7 Å². The van der Waals surface area contributed by atoms with Crippen LogP contribution in [0.4, 0.5) is 45.5 Å². The van der Waals surface area contributed by atoms with Crippen molar-refractivity contribution in [2.45, 2.75) is 199 Å². The third-order valence-electron chi connectivity index (χ3n) is 18.3. The molecule has 1 aliphatic heterocycles. The van der Waals surface area contributed by atoms with Gasteiger partial charge in [0.15, 0.2) is 17.2 Å². The van der Waals surface area contributed by atoms with Gasteiger partial charge in [-0.1, -0.05) is 178 Å². The molecule has 1 unspecified atom stereocenters. The molecule has 23 heteroatoms. The molecular weight excluding hydrogens is 1380 g/mol. The zero-order chi connectivity index (χ0) is 81.0. The Bertz CT molecular complexity index is 3900. The summed E-state index contributed by atoms with van der Waals surface area (Å²) in [6.07, 6.45) is 20.7. The topological polar surface area (TPSA) is 335 Å². The lowest BCUT2D eigenvalue weighted by atomic mass is 9.97. The van der Waals surface area contributed by atoms with Crippen molar-refractivity contribution in [2.24, 2.45) is 36.6 Å². The van der Waals surface area contributed by atoms with E-state index in [-0.39, 0.29) is 11.7 Å². The Labute approximate surface area is 655 Å². The second-order valence-corrected chi connectivity index (χ2v) is 27.1. The summed E-state index contributed by atoms with van der Waals surface area (Å²) in [6, 6.07) is 42.3. The van der Waals surface area contributed by atoms with Crippen molar-refractivity contribution in [3.05, 3.63) is 167 Å². The summed E-state index contributed by atoms with van der Waals surface area (Å²) < 4.78 is 27.7. The fraction of sp³-hybridized carbons (Fsp3) is 0.483. The molecule has 0 aliphatic carbocycles. The lowest BCUT2D eigenvalue weighted by Gasteiger charge is -2.38. The standard InChI is InChI=1S/C20H32N4O.C19H30N2O3.C16H24N2O2.C12H19N3O2.C12H10N2.C8H10N2/c1-5-7-8-17(6-2)20(25)24-11-9-23(10-12-24)19-14-15(3)18(22-21)13-16(19)4;1-3-5-7-8-9-10-14-23-16-11-12-18(21-20)17(15-16)19(22)24-13-6-4-2;1-3-4-5-6-7-8-11-20-14-9-10-16(18-17)15(12-14)13(2)19;1-5-16-11-8-10(15(3)4)12(17-6-2)7-9(11)14-13;13-14-12-8-6-11(7-9-12)10-4-2-1-3-5-10;1-6-3-4-8(10-9)7(2)5-6/h13-14,17,21H,5-12H2,1-4H3;11-12,15,20H,3-10,13-14H2,1-2H3;9-10,12,17H,3-8,11H2,1-2H3;7-8,13H,5-6H2,1-4H3;1-9,13H;3-5,9H,1-2H3/p+6. The molecule has 1 amide bonds. The molecule has 1 fully saturated rings. The summed E-state index contributed by atoms with van der Waals surface area (Å²) in [5.41, 5.74) is 45.8. The summed E-state index contributed by atoms with van der Waals surface area (Å²) in [5.74, 6) is 2.86. The van der Waals surface area contributed by atoms with Crippen molar-refractivity contribution >= 4 is 63.2 Å². The van der Waals surface area contributed by atoms with Crippen molar-refractivity contribution in [1.82, 2.24) is 4.90 Å². The van der Waals surface area contributed by atoms with Crippen LogP contribution in [0.15, 0.2) is 164 Å². The number of ketones is 1. The molecule has 12 N–H and O–H groups in total. The number of hydrogen-bond donors (Lipinski definition) is 6. The van der Waals surface area contributed by atoms with Crippen LogP contribution < -0.4 is 61.9 Å². The van der Waals surface area contributed by atoms with Gasteiger partial charge in [-0.25, -0.2) is 4.79 Å². The minimum absolute atomic E-state index is 0.0563. The number of amides is 1. The van der Waals surface area contributed by atoms with E-state index < -0.39 is 5.97 Å². The monoisotopic (exact) mass is 1510 g/mol. The molecule has 7 aromatic carbocycles. The highest BCUT2D eigenvalue weighted by atomic mass is 16.5. The first-order chi connectivity index (χ1) is 53.2. The highest BCUT2D eigenvalue weighted by molar-refractivity contribution is 5.99. The van der Waals surface area contributed by atoms with E-state index >= 15 is 0 Å². The quantitative estimate of drug-likeness (QED) is 0.00915. The van der Waals surface area contributed by atoms with Gasteiger partial charge in [-0.15, -0.1) is 0 Å². The molecule has 8 rings (SSSR count). The third kappa shape index (κ3) is 34.0. The summed E-state index contributed by atoms with van der Waals surface area (Å²) in [5, 5.41) is 22.0. The molecule has 1 aliphatic rings. The number of carbonyl (C=O) groups is 3. The molecule has 0 saturated carbocycles. The van der Waals surface area contributed by atoms with E-state index in [0.717, 1.165) is 117 Å². The lowest BCUT2D eigenvalue weighted by Crippen LogP contribution is -2.50. The number of aryl methyl sites for hydroxylation is 4. The molecule has 0 spiro atoms. The molecule has 1 saturated heterocycles. The predicted molar refractivity (Wildman–Crippen MR) is 439 cm³/mol. The number of rotatable bonds is 39. The molecule has 0 aromatic heterocycles. The summed E-state index contributed by atoms with van der Waals surface area (Å²) in [7, 11) is 3.90. The summed E-state index contributed by atoms with van der Waals surface area (Å²) in [4.78, 5) is 42.8. The number of carbonyl (C=O) groups excluding carboxylic acids is 3. The maximum absolute atomic E-state index is 12.8. The van der Waals surface area contributed by atoms with Crippen LogP contribution in [0, 0.1) is 33.6 Å². The van der Waals surface area contributed by atoms with Gasteiger partial charge in [0.05, 0.1) is 49.8 Å². The van der Waals surface area contributed by atoms with Crippen molar-refractivity contribution in [3.63, 3.8) is 0 Å². The number of Topliss-reactive ketones (excluding diaryl/α,β-unsaturated/α-hetero) is 1. The largest absolute Gasteiger partial charge is 0.494 e. The van der Waals surface area contributed by atoms with Crippen LogP contribution in [0.25, 0.3) is 11.1 Å². The highest BCUT2D eigenvalue weighted by Crippen LogP contribution is 2.39. The van der Waals surface area contributed by atoms with Gasteiger partial charge in [-0.2, -0.15) is 33.2 Å². The SMILES string of the molecule is CCCCC(CC)C(=O)N1CCN(c2cc(C)c(N=[NH2+])cc2C)CC1.CCCCCCCCOc1ccc(N=[NH2+])c(C(=O)OCCCC)c1.CCCCCCCCOc1ccc(N=[NH2+])c(C(C)=O)c1.CCOc1cc(N(C)C)c(OCC)cc1N=[NH2+].Cc1ccc(N=[NH2+])c(C)c1.[NH2+]=Nc1ccc(-c2ccccc2)cc1. The minimum Gasteiger partial charge on any atom is -0.494 e. The molecule has 7 aromatic rings. The molecule has 0 radical (unpaired) electrons. The van der Waals surface area contributed by atoms with Gasteiger partial charge < -0.3 is 38.4 Å². The maximum atomic E-state index is 12.8. The van der Waals surface area contributed by atoms with Crippen LogP contribution in [0.5, 0.6) is 23.0 Å². The number of anilines is 2. The Hall–Kier alpha value is -10.5. The fourth-order valence-corrected chi connectivity index (χ4v) is 11.9. The van der Waals surface area contributed by atoms with E-state index in [2.05, 4.69) is 99.4 Å². The van der Waals surface area contributed by atoms with Gasteiger partial charge in [-0.3, -0.25) is 9.59 Å². The molecule has 110 heavy (non-hydrogen) atoms. The molecule has 23 nitrogen and oxygen atoms in total. The van der Waals surface area contributed by atoms with Crippen LogP contribution in [-0.4, -0.2) is 95.9 Å². The minimum atomic E-state index is -0.405.